The van der Waals surface area contributed by atoms with Gasteiger partial charge < -0.3 is 47.6 Å². The summed E-state index contributed by atoms with van der Waals surface area (Å²) in [6.45, 7) is -0.0506. The third-order valence-corrected chi connectivity index (χ3v) is 11.5. The number of nitrogens with one attached hydrogen (secondary N) is 9. The summed E-state index contributed by atoms with van der Waals surface area (Å²) in [5, 5.41) is 31.3. The van der Waals surface area contributed by atoms with E-state index in [-0.39, 0.29) is 55.8 Å². The van der Waals surface area contributed by atoms with Crippen molar-refractivity contribution in [1.29, 1.82) is 0 Å². The van der Waals surface area contributed by atoms with Crippen LogP contribution < -0.4 is 59.0 Å². The first-order valence-electron chi connectivity index (χ1n) is 19.6. The van der Waals surface area contributed by atoms with Gasteiger partial charge in [-0.1, -0.05) is 36.8 Å². The number of guanidine groups is 1. The van der Waals surface area contributed by atoms with Crippen LogP contribution in [0.3, 0.4) is 0 Å². The molecular weight excluding hydrogens is 775 g/mol. The number of hydrogen-bond donors (Lipinski definition) is 12. The van der Waals surface area contributed by atoms with Crippen LogP contribution in [-0.2, 0) is 40.0 Å². The number of hydrogen-bond acceptors (Lipinski definition) is 9. The van der Waals surface area contributed by atoms with Gasteiger partial charge in [0.15, 0.2) is 0 Å². The van der Waals surface area contributed by atoms with E-state index in [2.05, 4.69) is 47.5 Å². The Balaban J connectivity index is 1.41. The topological polar surface area (TPSA) is 319 Å². The second-order valence-corrected chi connectivity index (χ2v) is 15.8. The third kappa shape index (κ3) is 15.1. The standard InChI is InChI=1S/C37H55N11O9S/c38-36(39)41-16-8-12-22-32(53)42-19-29(50)43-25(18-30(51)52)35(56)46-24(17-21-9-2-1-3-10-21)34(55)45-23(33(54)44-22)11-6-7-15-40-28(49)14-5-4-13-27-31-26(20-58-27)47-37(57)48-31/h1-3,9-10,22-27,31H,4-8,11-20H2,(H,40,49)(H,42,53)(H,43,50)(H,44,54)(H,45,55)(H,46,56)(H,51,52)(H4,38,39,41)(H2,47,48,57)/p+1/t22-,23-,24+,25-,26-,27-,31-/m0/s1. The molecule has 318 valence electrons. The minimum atomic E-state index is -1.59. The van der Waals surface area contributed by atoms with E-state index in [1.807, 2.05) is 11.8 Å². The highest BCUT2D eigenvalue weighted by atomic mass is 32.2. The lowest BCUT2D eigenvalue weighted by Gasteiger charge is -2.26. The average Bonchev–Trinajstić information content (AvgIpc) is 3.74. The first kappa shape index (κ1) is 45.1. The molecule has 8 amide bonds. The number of thioether (sulfide) groups is 1. The molecule has 3 heterocycles. The van der Waals surface area contributed by atoms with Gasteiger partial charge in [-0.25, -0.2) is 4.79 Å². The highest BCUT2D eigenvalue weighted by Gasteiger charge is 2.42. The molecule has 3 fully saturated rings. The number of aliphatic carboxylic acids is 1. The Bertz CT molecular complexity index is 1660. The van der Waals surface area contributed by atoms with Crippen LogP contribution in [0.4, 0.5) is 4.79 Å². The molecule has 14 N–H and O–H groups in total. The maximum atomic E-state index is 13.9. The number of rotatable bonds is 18. The van der Waals surface area contributed by atoms with E-state index >= 15 is 0 Å². The monoisotopic (exact) mass is 830 g/mol. The number of carboxylic acid groups (broad SMARTS) is 1. The van der Waals surface area contributed by atoms with E-state index in [9.17, 15) is 43.5 Å². The summed E-state index contributed by atoms with van der Waals surface area (Å²) in [6, 6.07) is 3.62. The van der Waals surface area contributed by atoms with Gasteiger partial charge in [-0.15, -0.1) is 0 Å². The first-order valence-corrected chi connectivity index (χ1v) is 20.6. The van der Waals surface area contributed by atoms with Crippen LogP contribution in [0.15, 0.2) is 30.3 Å². The number of nitrogens with two attached hydrogens (primary N) is 2. The molecule has 7 atom stereocenters. The van der Waals surface area contributed by atoms with Gasteiger partial charge in [0.25, 0.3) is 0 Å². The Labute approximate surface area is 340 Å². The molecule has 21 heteroatoms. The molecule has 3 saturated heterocycles. The van der Waals surface area contributed by atoms with E-state index in [0.29, 0.717) is 49.5 Å². The van der Waals surface area contributed by atoms with Crippen molar-refractivity contribution in [3.63, 3.8) is 0 Å². The number of fused-ring (bicyclic) bond motifs is 1. The smallest absolute Gasteiger partial charge is 0.338 e. The zero-order valence-corrected chi connectivity index (χ0v) is 33.1. The minimum Gasteiger partial charge on any atom is -0.481 e. The molecule has 0 saturated carbocycles. The lowest BCUT2D eigenvalue weighted by molar-refractivity contribution is -0.459. The second kappa shape index (κ2) is 23.0. The molecular formula is C37H56N11O9S+. The lowest BCUT2D eigenvalue weighted by atomic mass is 10.0. The van der Waals surface area contributed by atoms with Crippen LogP contribution in [0, 0.1) is 0 Å². The van der Waals surface area contributed by atoms with Crippen LogP contribution >= 0.6 is 11.8 Å². The average molecular weight is 831 g/mol. The Morgan fingerprint density at radius 3 is 2.14 bits per heavy atom. The fraction of sp³-hybridized carbons (Fsp3) is 0.595. The maximum Gasteiger partial charge on any atom is 0.338 e. The third-order valence-electron chi connectivity index (χ3n) is 9.96. The summed E-state index contributed by atoms with van der Waals surface area (Å²) >= 11 is 1.83. The molecule has 0 aromatic heterocycles. The van der Waals surface area contributed by atoms with Crippen LogP contribution in [0.25, 0.3) is 0 Å². The number of unbranched alkanes of at least 4 members (excludes halogenated alkanes) is 2. The second-order valence-electron chi connectivity index (χ2n) is 14.5. The molecule has 0 radical (unpaired) electrons. The SMILES string of the molecule is NC(N)=[NH+]CCC[C@@H]1NC(=O)[C@H](CCCCNC(=O)CCCC[C@@H]2SC[C@@H]3NC(=O)N[C@@H]32)NC(=O)[C@@H](Cc2ccccc2)NC(=O)[C@H](CC(=O)O)NC(=O)CNC1=O. The summed E-state index contributed by atoms with van der Waals surface area (Å²) < 4.78 is 0. The van der Waals surface area contributed by atoms with E-state index in [1.165, 1.54) is 0 Å². The van der Waals surface area contributed by atoms with Crippen molar-refractivity contribution in [3.05, 3.63) is 35.9 Å². The van der Waals surface area contributed by atoms with Gasteiger partial charge in [-0.2, -0.15) is 11.8 Å². The van der Waals surface area contributed by atoms with Crippen molar-refractivity contribution in [2.24, 2.45) is 11.5 Å². The highest BCUT2D eigenvalue weighted by Crippen LogP contribution is 2.33. The van der Waals surface area contributed by atoms with Crippen molar-refractivity contribution in [2.45, 2.75) is 112 Å². The van der Waals surface area contributed by atoms with Crippen molar-refractivity contribution < 1.29 is 48.5 Å². The van der Waals surface area contributed by atoms with Crippen molar-refractivity contribution in [2.75, 3.05) is 25.4 Å². The zero-order valence-electron chi connectivity index (χ0n) is 32.3. The van der Waals surface area contributed by atoms with Gasteiger partial charge in [0.2, 0.25) is 35.4 Å². The Hall–Kier alpha value is -5.60. The molecule has 0 unspecified atom stereocenters. The van der Waals surface area contributed by atoms with E-state index < -0.39 is 72.6 Å². The van der Waals surface area contributed by atoms with Crippen LogP contribution in [-0.4, -0.2) is 125 Å². The largest absolute Gasteiger partial charge is 0.481 e. The molecule has 0 bridgehead atoms. The molecule has 20 nitrogen and oxygen atoms in total. The van der Waals surface area contributed by atoms with Gasteiger partial charge in [0.05, 0.1) is 31.6 Å². The van der Waals surface area contributed by atoms with Crippen molar-refractivity contribution >= 4 is 65.2 Å². The van der Waals surface area contributed by atoms with Gasteiger partial charge in [0.1, 0.15) is 24.2 Å². The van der Waals surface area contributed by atoms with E-state index in [1.54, 1.807) is 30.3 Å². The summed E-state index contributed by atoms with van der Waals surface area (Å²) in [5.41, 5.74) is 11.6. The van der Waals surface area contributed by atoms with Gasteiger partial charge >= 0.3 is 18.0 Å². The molecule has 1 aromatic rings. The van der Waals surface area contributed by atoms with E-state index in [0.717, 1.165) is 18.6 Å². The lowest BCUT2D eigenvalue weighted by Crippen LogP contribution is -2.78. The summed E-state index contributed by atoms with van der Waals surface area (Å²) in [5.74, 6) is -4.65. The molecule has 58 heavy (non-hydrogen) atoms. The highest BCUT2D eigenvalue weighted by molar-refractivity contribution is 8.00. The molecule has 3 aliphatic heterocycles. The summed E-state index contributed by atoms with van der Waals surface area (Å²) in [4.78, 5) is 106. The van der Waals surface area contributed by atoms with Crippen LogP contribution in [0.5, 0.6) is 0 Å². The van der Waals surface area contributed by atoms with Crippen molar-refractivity contribution in [3.8, 4) is 0 Å². The van der Waals surface area contributed by atoms with Crippen LogP contribution in [0.2, 0.25) is 0 Å². The predicted molar refractivity (Wildman–Crippen MR) is 212 cm³/mol. The number of carbonyl (C=O) groups is 8. The van der Waals surface area contributed by atoms with Crippen molar-refractivity contribution in [1.82, 2.24) is 42.5 Å². The fourth-order valence-corrected chi connectivity index (χ4v) is 8.48. The maximum absolute atomic E-state index is 13.9. The molecule has 3 aliphatic rings. The van der Waals surface area contributed by atoms with Gasteiger partial charge in [0, 0.05) is 30.4 Å². The predicted octanol–water partition coefficient (Wildman–Crippen LogP) is -4.08. The van der Waals surface area contributed by atoms with Crippen LogP contribution in [0.1, 0.15) is 69.8 Å². The number of amides is 8. The quantitative estimate of drug-likeness (QED) is 0.0291. The Morgan fingerprint density at radius 1 is 0.759 bits per heavy atom. The molecule has 4 rings (SSSR count). The van der Waals surface area contributed by atoms with Gasteiger partial charge in [-0.3, -0.25) is 50.0 Å². The normalized spacial score (nSPS) is 25.2. The zero-order chi connectivity index (χ0) is 42.0. The van der Waals surface area contributed by atoms with E-state index in [4.69, 9.17) is 11.5 Å². The number of carbonyl (C=O) groups excluding carboxylic acids is 7. The molecule has 0 aliphatic carbocycles. The summed E-state index contributed by atoms with van der Waals surface area (Å²) in [6.07, 6.45) is 3.27. The number of carboxylic acids is 1. The molecule has 1 aromatic carbocycles. The first-order chi connectivity index (χ1) is 27.8. The number of benzene rings is 1. The number of urea groups is 1. The van der Waals surface area contributed by atoms with Gasteiger partial charge in [-0.05, 0) is 50.5 Å². The fourth-order valence-electron chi connectivity index (χ4n) is 6.94. The summed E-state index contributed by atoms with van der Waals surface area (Å²) in [7, 11) is 0. The molecule has 0 spiro atoms. The Kier molecular flexibility index (Phi) is 17.9. The Morgan fingerprint density at radius 2 is 1.41 bits per heavy atom. The minimum absolute atomic E-state index is 0.0299.